The average molecular weight is 265 g/mol. The molecule has 4 nitrogen and oxygen atoms in total. The van der Waals surface area contributed by atoms with Crippen LogP contribution in [0, 0.1) is 0 Å². The Kier molecular flexibility index (Phi) is 3.46. The van der Waals surface area contributed by atoms with Crippen molar-refractivity contribution in [3.63, 3.8) is 0 Å². The number of hydrazine groups is 2. The molecule has 0 radical (unpaired) electrons. The Morgan fingerprint density at radius 2 is 1.37 bits per heavy atom. The lowest BCUT2D eigenvalue weighted by Crippen LogP contribution is -2.46. The lowest BCUT2D eigenvalue weighted by Gasteiger charge is -2.28. The predicted octanol–water partition coefficient (Wildman–Crippen LogP) is 1.92. The van der Waals surface area contributed by atoms with E-state index in [1.165, 1.54) is 25.7 Å². The third kappa shape index (κ3) is 2.24. The summed E-state index contributed by atoms with van der Waals surface area (Å²) in [7, 11) is 0. The molecule has 0 aromatic rings. The number of hydrogen-bond donors (Lipinski definition) is 0. The molecule has 0 unspecified atom stereocenters. The SMILES string of the molecule is C[C@@H]1CC[C@@H](C)N1N1C=[N+](N2[C@H](C)CC[C@H]2C)CC1. The van der Waals surface area contributed by atoms with Crippen molar-refractivity contribution in [1.29, 1.82) is 0 Å². The normalized spacial score (nSPS) is 40.3. The summed E-state index contributed by atoms with van der Waals surface area (Å²) >= 11 is 0. The van der Waals surface area contributed by atoms with E-state index in [0.717, 1.165) is 13.1 Å². The Hall–Kier alpha value is -0.770. The van der Waals surface area contributed by atoms with Crippen molar-refractivity contribution in [2.24, 2.45) is 0 Å². The number of hydrogen-bond acceptors (Lipinski definition) is 3. The Morgan fingerprint density at radius 1 is 0.842 bits per heavy atom. The summed E-state index contributed by atoms with van der Waals surface area (Å²) in [6, 6.07) is 2.78. The lowest BCUT2D eigenvalue weighted by molar-refractivity contribution is -0.690. The molecule has 19 heavy (non-hydrogen) atoms. The van der Waals surface area contributed by atoms with Crippen LogP contribution in [-0.4, -0.2) is 63.3 Å². The molecular weight excluding hydrogens is 236 g/mol. The van der Waals surface area contributed by atoms with Crippen molar-refractivity contribution in [2.75, 3.05) is 13.1 Å². The van der Waals surface area contributed by atoms with Gasteiger partial charge in [0, 0.05) is 12.1 Å². The topological polar surface area (TPSA) is 12.7 Å². The Morgan fingerprint density at radius 3 is 1.95 bits per heavy atom. The van der Waals surface area contributed by atoms with Gasteiger partial charge in [0.2, 0.25) is 0 Å². The van der Waals surface area contributed by atoms with Crippen LogP contribution in [0.2, 0.25) is 0 Å². The Balaban J connectivity index is 1.74. The van der Waals surface area contributed by atoms with Gasteiger partial charge >= 0.3 is 0 Å². The van der Waals surface area contributed by atoms with Gasteiger partial charge in [-0.15, -0.1) is 5.01 Å². The first kappa shape index (κ1) is 13.2. The first-order chi connectivity index (χ1) is 9.08. The molecular formula is C15H29N4+. The quantitative estimate of drug-likeness (QED) is 0.708. The van der Waals surface area contributed by atoms with Crippen LogP contribution in [-0.2, 0) is 0 Å². The van der Waals surface area contributed by atoms with Crippen molar-refractivity contribution >= 4 is 6.34 Å². The molecule has 0 saturated carbocycles. The lowest BCUT2D eigenvalue weighted by atomic mass is 10.2. The zero-order chi connectivity index (χ0) is 13.6. The van der Waals surface area contributed by atoms with E-state index in [0.29, 0.717) is 24.2 Å². The highest BCUT2D eigenvalue weighted by Crippen LogP contribution is 2.27. The molecule has 0 N–H and O–H groups in total. The van der Waals surface area contributed by atoms with Crippen LogP contribution in [0.25, 0.3) is 0 Å². The molecule has 0 aliphatic carbocycles. The van der Waals surface area contributed by atoms with Crippen LogP contribution in [0.5, 0.6) is 0 Å². The van der Waals surface area contributed by atoms with Crippen molar-refractivity contribution in [1.82, 2.24) is 15.0 Å². The smallest absolute Gasteiger partial charge is 0.243 e. The Labute approximate surface area is 117 Å². The maximum Gasteiger partial charge on any atom is 0.276 e. The fraction of sp³-hybridized carbons (Fsp3) is 0.933. The molecule has 3 aliphatic rings. The monoisotopic (exact) mass is 265 g/mol. The van der Waals surface area contributed by atoms with Crippen LogP contribution in [0.4, 0.5) is 0 Å². The molecule has 0 spiro atoms. The summed E-state index contributed by atoms with van der Waals surface area (Å²) in [5.74, 6) is 0. The van der Waals surface area contributed by atoms with Crippen molar-refractivity contribution in [2.45, 2.75) is 77.5 Å². The summed E-state index contributed by atoms with van der Waals surface area (Å²) in [6.07, 6.45) is 7.70. The van der Waals surface area contributed by atoms with Crippen LogP contribution in [0.3, 0.4) is 0 Å². The van der Waals surface area contributed by atoms with E-state index in [2.05, 4.69) is 53.7 Å². The molecule has 0 bridgehead atoms. The molecule has 3 aliphatic heterocycles. The van der Waals surface area contributed by atoms with Gasteiger partial charge in [0.1, 0.15) is 13.1 Å². The predicted molar refractivity (Wildman–Crippen MR) is 77.9 cm³/mol. The van der Waals surface area contributed by atoms with Crippen molar-refractivity contribution < 1.29 is 4.68 Å². The van der Waals surface area contributed by atoms with E-state index in [9.17, 15) is 0 Å². The second-order valence-corrected chi connectivity index (χ2v) is 6.75. The molecule has 4 atom stereocenters. The average Bonchev–Trinajstić information content (AvgIpc) is 3.02. The fourth-order valence-corrected chi connectivity index (χ4v) is 4.20. The first-order valence-electron chi connectivity index (χ1n) is 8.02. The fourth-order valence-electron chi connectivity index (χ4n) is 4.20. The zero-order valence-corrected chi connectivity index (χ0v) is 12.9. The maximum atomic E-state index is 2.59. The minimum Gasteiger partial charge on any atom is -0.243 e. The number of nitrogens with zero attached hydrogens (tertiary/aromatic N) is 4. The van der Waals surface area contributed by atoms with Crippen LogP contribution >= 0.6 is 0 Å². The van der Waals surface area contributed by atoms with Gasteiger partial charge in [-0.3, -0.25) is 0 Å². The van der Waals surface area contributed by atoms with Crippen molar-refractivity contribution in [3.8, 4) is 0 Å². The van der Waals surface area contributed by atoms with Crippen LogP contribution in [0.15, 0.2) is 0 Å². The Bertz CT molecular complexity index is 347. The summed E-state index contributed by atoms with van der Waals surface area (Å²) < 4.78 is 2.47. The molecule has 0 aromatic carbocycles. The van der Waals surface area contributed by atoms with Crippen LogP contribution in [0.1, 0.15) is 53.4 Å². The summed E-state index contributed by atoms with van der Waals surface area (Å²) in [5.41, 5.74) is 0. The van der Waals surface area contributed by atoms with Gasteiger partial charge in [0.25, 0.3) is 6.34 Å². The molecule has 3 heterocycles. The molecule has 0 amide bonds. The molecule has 3 rings (SSSR count). The summed E-state index contributed by atoms with van der Waals surface area (Å²) in [4.78, 5) is 0. The van der Waals surface area contributed by atoms with E-state index < -0.39 is 0 Å². The number of rotatable bonds is 2. The minimum absolute atomic E-state index is 0.694. The van der Waals surface area contributed by atoms with Crippen molar-refractivity contribution in [3.05, 3.63) is 0 Å². The van der Waals surface area contributed by atoms with Gasteiger partial charge in [-0.25, -0.2) is 5.01 Å². The second-order valence-electron chi connectivity index (χ2n) is 6.75. The van der Waals surface area contributed by atoms with Gasteiger partial charge in [-0.05, 0) is 53.4 Å². The highest BCUT2D eigenvalue weighted by Gasteiger charge is 2.41. The van der Waals surface area contributed by atoms with E-state index in [-0.39, 0.29) is 0 Å². The first-order valence-corrected chi connectivity index (χ1v) is 8.02. The molecule has 108 valence electrons. The van der Waals surface area contributed by atoms with Gasteiger partial charge in [0.05, 0.1) is 12.1 Å². The highest BCUT2D eigenvalue weighted by molar-refractivity contribution is 5.49. The molecule has 2 saturated heterocycles. The van der Waals surface area contributed by atoms with Crippen LogP contribution < -0.4 is 0 Å². The third-order valence-corrected chi connectivity index (χ3v) is 5.23. The number of hydrazone groups is 1. The second kappa shape index (κ2) is 4.97. The maximum absolute atomic E-state index is 2.59. The largest absolute Gasteiger partial charge is 0.276 e. The van der Waals surface area contributed by atoms with Gasteiger partial charge in [0.15, 0.2) is 0 Å². The summed E-state index contributed by atoms with van der Waals surface area (Å²) in [5, 5.41) is 7.65. The summed E-state index contributed by atoms with van der Waals surface area (Å²) in [6.45, 7) is 11.7. The third-order valence-electron chi connectivity index (χ3n) is 5.23. The van der Waals surface area contributed by atoms with E-state index in [1.54, 1.807) is 0 Å². The standard InChI is InChI=1S/C15H29N4/c1-12-5-6-13(2)18(12)16-9-10-17(11-16)19-14(3)7-8-15(19)4/h11-15H,5-10H2,1-4H3/q+1/t12-,13-,14-,15-/m1/s1. The van der Waals surface area contributed by atoms with Gasteiger partial charge in [-0.1, -0.05) is 0 Å². The van der Waals surface area contributed by atoms with E-state index in [4.69, 9.17) is 0 Å². The molecule has 2 fully saturated rings. The van der Waals surface area contributed by atoms with Gasteiger partial charge < -0.3 is 0 Å². The van der Waals surface area contributed by atoms with E-state index in [1.807, 2.05) is 0 Å². The van der Waals surface area contributed by atoms with Gasteiger partial charge in [-0.2, -0.15) is 9.69 Å². The zero-order valence-electron chi connectivity index (χ0n) is 12.9. The minimum atomic E-state index is 0.694. The molecule has 0 aromatic heterocycles. The molecule has 4 heteroatoms. The van der Waals surface area contributed by atoms with E-state index >= 15 is 0 Å². The highest BCUT2D eigenvalue weighted by atomic mass is 15.7.